The zero-order valence-corrected chi connectivity index (χ0v) is 15.2. The van der Waals surface area contributed by atoms with Gasteiger partial charge in [-0.25, -0.2) is 8.42 Å². The van der Waals surface area contributed by atoms with Crippen LogP contribution in [0.4, 0.5) is 0 Å². The van der Waals surface area contributed by atoms with Crippen LogP contribution >= 0.6 is 0 Å². The Labute approximate surface area is 143 Å². The summed E-state index contributed by atoms with van der Waals surface area (Å²) in [6.07, 6.45) is 3.53. The van der Waals surface area contributed by atoms with E-state index in [0.29, 0.717) is 6.42 Å². The highest BCUT2D eigenvalue weighted by atomic mass is 32.2. The van der Waals surface area contributed by atoms with E-state index in [4.69, 9.17) is 0 Å². The molecule has 0 N–H and O–H groups in total. The second kappa shape index (κ2) is 6.24. The molecule has 130 valence electrons. The van der Waals surface area contributed by atoms with E-state index in [2.05, 4.69) is 6.07 Å². The van der Waals surface area contributed by atoms with Gasteiger partial charge in [-0.15, -0.1) is 0 Å². The van der Waals surface area contributed by atoms with Crippen LogP contribution in [-0.4, -0.2) is 48.4 Å². The zero-order chi connectivity index (χ0) is 17.5. The third-order valence-corrected chi connectivity index (χ3v) is 6.82. The molecule has 1 amide bonds. The molecule has 0 saturated heterocycles. The van der Waals surface area contributed by atoms with Gasteiger partial charge in [-0.2, -0.15) is 0 Å². The number of hydrogen-bond acceptors (Lipinski definition) is 3. The summed E-state index contributed by atoms with van der Waals surface area (Å²) in [4.78, 5) is 14.4. The van der Waals surface area contributed by atoms with Gasteiger partial charge >= 0.3 is 0 Å². The molecule has 0 bridgehead atoms. The summed E-state index contributed by atoms with van der Waals surface area (Å²) < 4.78 is 25.9. The van der Waals surface area contributed by atoms with Gasteiger partial charge in [-0.1, -0.05) is 18.2 Å². The maximum absolute atomic E-state index is 12.8. The molecule has 24 heavy (non-hydrogen) atoms. The summed E-state index contributed by atoms with van der Waals surface area (Å²) in [5, 5.41) is 0.675. The van der Waals surface area contributed by atoms with E-state index in [-0.39, 0.29) is 18.5 Å². The predicted molar refractivity (Wildman–Crippen MR) is 95.7 cm³/mol. The Morgan fingerprint density at radius 1 is 1.29 bits per heavy atom. The summed E-state index contributed by atoms with van der Waals surface area (Å²) in [6, 6.07) is 9.83. The fraction of sp³-hybridized carbons (Fsp3) is 0.500. The van der Waals surface area contributed by atoms with Gasteiger partial charge < -0.3 is 9.47 Å². The minimum absolute atomic E-state index is 0.0417. The lowest BCUT2D eigenvalue weighted by Crippen LogP contribution is -2.45. The molecule has 1 aliphatic rings. The van der Waals surface area contributed by atoms with Gasteiger partial charge in [0.25, 0.3) is 0 Å². The van der Waals surface area contributed by atoms with E-state index in [1.54, 1.807) is 11.9 Å². The SMILES string of the molecule is Cc1cc2ccccc2n1CC(=O)N(C)[C@H]1CCC[C@H]1S(C)(=O)=O. The van der Waals surface area contributed by atoms with Crippen molar-refractivity contribution in [2.75, 3.05) is 13.3 Å². The number of carbonyl (C=O) groups excluding carboxylic acids is 1. The Kier molecular flexibility index (Phi) is 4.42. The first-order valence-electron chi connectivity index (χ1n) is 8.28. The Bertz CT molecular complexity index is 870. The third kappa shape index (κ3) is 3.07. The summed E-state index contributed by atoms with van der Waals surface area (Å²) in [5.74, 6) is -0.0417. The highest BCUT2D eigenvalue weighted by molar-refractivity contribution is 7.91. The lowest BCUT2D eigenvalue weighted by Gasteiger charge is -2.29. The normalized spacial score (nSPS) is 21.3. The molecule has 1 heterocycles. The third-order valence-electron chi connectivity index (χ3n) is 5.17. The minimum atomic E-state index is -3.14. The number of fused-ring (bicyclic) bond motifs is 1. The van der Waals surface area contributed by atoms with Crippen LogP contribution < -0.4 is 0 Å². The van der Waals surface area contributed by atoms with Gasteiger partial charge in [0, 0.05) is 30.6 Å². The number of para-hydroxylation sites is 1. The van der Waals surface area contributed by atoms with E-state index < -0.39 is 15.1 Å². The van der Waals surface area contributed by atoms with Crippen molar-refractivity contribution in [1.82, 2.24) is 9.47 Å². The van der Waals surface area contributed by atoms with Gasteiger partial charge in [0.2, 0.25) is 5.91 Å². The van der Waals surface area contributed by atoms with Crippen molar-refractivity contribution in [1.29, 1.82) is 0 Å². The van der Waals surface area contributed by atoms with Gasteiger partial charge in [0.1, 0.15) is 6.54 Å². The van der Waals surface area contributed by atoms with Gasteiger partial charge in [-0.05, 0) is 43.7 Å². The number of benzene rings is 1. The topological polar surface area (TPSA) is 59.4 Å². The monoisotopic (exact) mass is 348 g/mol. The van der Waals surface area contributed by atoms with Crippen molar-refractivity contribution in [3.63, 3.8) is 0 Å². The zero-order valence-electron chi connectivity index (χ0n) is 14.4. The van der Waals surface area contributed by atoms with Crippen molar-refractivity contribution in [3.8, 4) is 0 Å². The van der Waals surface area contributed by atoms with Gasteiger partial charge in [-0.3, -0.25) is 4.79 Å². The van der Waals surface area contributed by atoms with Gasteiger partial charge in [0.05, 0.1) is 5.25 Å². The molecule has 1 aromatic carbocycles. The molecule has 0 spiro atoms. The van der Waals surface area contributed by atoms with E-state index in [1.165, 1.54) is 6.26 Å². The standard InChI is InChI=1S/C18H24N2O3S/c1-13-11-14-7-4-5-8-15(14)20(13)12-18(21)19(2)16-9-6-10-17(16)24(3,22)23/h4-5,7-8,11,16-17H,6,9-10,12H2,1-3H3/t16-,17+/m0/s1. The lowest BCUT2D eigenvalue weighted by atomic mass is 10.2. The number of amides is 1. The number of sulfone groups is 1. The molecule has 1 fully saturated rings. The van der Waals surface area contributed by atoms with Crippen LogP contribution in [0.3, 0.4) is 0 Å². The van der Waals surface area contributed by atoms with E-state index in [9.17, 15) is 13.2 Å². The Balaban J connectivity index is 1.83. The van der Waals surface area contributed by atoms with Crippen molar-refractivity contribution in [2.45, 2.75) is 44.0 Å². The second-order valence-electron chi connectivity index (χ2n) is 6.80. The van der Waals surface area contributed by atoms with E-state index >= 15 is 0 Å². The first kappa shape index (κ1) is 17.0. The van der Waals surface area contributed by atoms with Crippen LogP contribution in [0.25, 0.3) is 10.9 Å². The molecule has 0 radical (unpaired) electrons. The van der Waals surface area contributed by atoms with Crippen LogP contribution in [-0.2, 0) is 21.2 Å². The highest BCUT2D eigenvalue weighted by Gasteiger charge is 2.38. The Hall–Kier alpha value is -1.82. The highest BCUT2D eigenvalue weighted by Crippen LogP contribution is 2.29. The molecular weight excluding hydrogens is 324 g/mol. The van der Waals surface area contributed by atoms with Crippen molar-refractivity contribution in [2.24, 2.45) is 0 Å². The molecule has 0 aliphatic heterocycles. The molecule has 2 atom stereocenters. The average Bonchev–Trinajstić information content (AvgIpc) is 3.12. The van der Waals surface area contributed by atoms with Gasteiger partial charge in [0.15, 0.2) is 9.84 Å². The molecule has 1 aliphatic carbocycles. The quantitative estimate of drug-likeness (QED) is 0.852. The summed E-state index contributed by atoms with van der Waals surface area (Å²) in [7, 11) is -1.40. The smallest absolute Gasteiger partial charge is 0.242 e. The molecular formula is C18H24N2O3S. The Morgan fingerprint density at radius 2 is 2.00 bits per heavy atom. The number of carbonyl (C=O) groups is 1. The second-order valence-corrected chi connectivity index (χ2v) is 9.07. The van der Waals surface area contributed by atoms with Crippen LogP contribution in [0.2, 0.25) is 0 Å². The minimum Gasteiger partial charge on any atom is -0.340 e. The van der Waals surface area contributed by atoms with E-state index in [0.717, 1.165) is 29.4 Å². The van der Waals surface area contributed by atoms with Crippen molar-refractivity contribution in [3.05, 3.63) is 36.0 Å². The fourth-order valence-electron chi connectivity index (χ4n) is 3.84. The van der Waals surface area contributed by atoms with Crippen LogP contribution in [0, 0.1) is 6.92 Å². The molecule has 0 unspecified atom stereocenters. The number of aryl methyl sites for hydroxylation is 1. The number of likely N-dealkylation sites (N-methyl/N-ethyl adjacent to an activating group) is 1. The number of rotatable bonds is 4. The molecule has 5 nitrogen and oxygen atoms in total. The molecule has 3 rings (SSSR count). The summed E-state index contributed by atoms with van der Waals surface area (Å²) in [6.45, 7) is 2.23. The predicted octanol–water partition coefficient (Wildman–Crippen LogP) is 2.37. The molecule has 6 heteroatoms. The van der Waals surface area contributed by atoms with Crippen molar-refractivity contribution >= 4 is 26.6 Å². The van der Waals surface area contributed by atoms with Crippen LogP contribution in [0.15, 0.2) is 30.3 Å². The summed E-state index contributed by atoms with van der Waals surface area (Å²) >= 11 is 0. The number of nitrogens with zero attached hydrogens (tertiary/aromatic N) is 2. The summed E-state index contributed by atoms with van der Waals surface area (Å²) in [5.41, 5.74) is 2.06. The van der Waals surface area contributed by atoms with Crippen LogP contribution in [0.5, 0.6) is 0 Å². The molecule has 2 aromatic rings. The lowest BCUT2D eigenvalue weighted by molar-refractivity contribution is -0.132. The fourth-order valence-corrected chi connectivity index (χ4v) is 5.32. The van der Waals surface area contributed by atoms with Crippen LogP contribution in [0.1, 0.15) is 25.0 Å². The Morgan fingerprint density at radius 3 is 2.71 bits per heavy atom. The first-order valence-corrected chi connectivity index (χ1v) is 10.2. The first-order chi connectivity index (χ1) is 11.3. The van der Waals surface area contributed by atoms with E-state index in [1.807, 2.05) is 35.8 Å². The largest absolute Gasteiger partial charge is 0.340 e. The molecule has 1 saturated carbocycles. The van der Waals surface area contributed by atoms with Crippen molar-refractivity contribution < 1.29 is 13.2 Å². The number of hydrogen-bond donors (Lipinski definition) is 0. The number of aromatic nitrogens is 1. The molecule has 1 aromatic heterocycles. The maximum atomic E-state index is 12.8. The average molecular weight is 348 g/mol. The maximum Gasteiger partial charge on any atom is 0.242 e.